The van der Waals surface area contributed by atoms with Crippen LogP contribution in [0.5, 0.6) is 0 Å². The molecule has 0 saturated carbocycles. The van der Waals surface area contributed by atoms with E-state index in [-0.39, 0.29) is 18.2 Å². The average Bonchev–Trinajstić information content (AvgIpc) is 2.10. The van der Waals surface area contributed by atoms with Gasteiger partial charge in [-0.3, -0.25) is 9.59 Å². The van der Waals surface area contributed by atoms with Crippen LogP contribution < -0.4 is 5.56 Å². The van der Waals surface area contributed by atoms with Gasteiger partial charge in [0.25, 0.3) is 5.56 Å². The van der Waals surface area contributed by atoms with Gasteiger partial charge in [-0.1, -0.05) is 11.6 Å². The SMILES string of the molecule is CC(C)OC(=O)Cn1cc(Cl)ccc1=O. The van der Waals surface area contributed by atoms with E-state index in [1.165, 1.54) is 22.9 Å². The van der Waals surface area contributed by atoms with Gasteiger partial charge in [-0.25, -0.2) is 0 Å². The van der Waals surface area contributed by atoms with E-state index in [2.05, 4.69) is 0 Å². The smallest absolute Gasteiger partial charge is 0.326 e. The number of hydrogen-bond acceptors (Lipinski definition) is 3. The molecule has 0 bridgehead atoms. The van der Waals surface area contributed by atoms with Crippen LogP contribution in [0, 0.1) is 0 Å². The van der Waals surface area contributed by atoms with Crippen LogP contribution in [0.1, 0.15) is 13.8 Å². The third kappa shape index (κ3) is 3.75. The van der Waals surface area contributed by atoms with Gasteiger partial charge in [-0.05, 0) is 19.9 Å². The topological polar surface area (TPSA) is 48.3 Å². The van der Waals surface area contributed by atoms with E-state index in [1.807, 2.05) is 0 Å². The number of carbonyl (C=O) groups excluding carboxylic acids is 1. The Hall–Kier alpha value is -1.29. The molecule has 0 aromatic carbocycles. The number of hydrogen-bond donors (Lipinski definition) is 0. The van der Waals surface area contributed by atoms with Crippen molar-refractivity contribution in [3.8, 4) is 0 Å². The lowest BCUT2D eigenvalue weighted by Crippen LogP contribution is -2.25. The Morgan fingerprint density at radius 1 is 1.53 bits per heavy atom. The van der Waals surface area contributed by atoms with Gasteiger partial charge in [0.1, 0.15) is 6.54 Å². The predicted octanol–water partition coefficient (Wildman–Crippen LogP) is 1.45. The second-order valence-corrected chi connectivity index (χ2v) is 3.79. The highest BCUT2D eigenvalue weighted by atomic mass is 35.5. The van der Waals surface area contributed by atoms with Gasteiger partial charge in [-0.2, -0.15) is 0 Å². The Bertz CT molecular complexity index is 411. The standard InChI is InChI=1S/C10H12ClNO3/c1-7(2)15-10(14)6-12-5-8(11)3-4-9(12)13/h3-5,7H,6H2,1-2H3. The highest BCUT2D eigenvalue weighted by Crippen LogP contribution is 2.03. The molecule has 82 valence electrons. The second-order valence-electron chi connectivity index (χ2n) is 3.35. The first-order valence-electron chi connectivity index (χ1n) is 4.54. The monoisotopic (exact) mass is 229 g/mol. The molecule has 0 atom stereocenters. The summed E-state index contributed by atoms with van der Waals surface area (Å²) in [6.07, 6.45) is 1.22. The van der Waals surface area contributed by atoms with Crippen molar-refractivity contribution in [3.05, 3.63) is 33.7 Å². The molecule has 0 aliphatic heterocycles. The Labute approximate surface area is 92.4 Å². The summed E-state index contributed by atoms with van der Waals surface area (Å²) in [5, 5.41) is 0.409. The molecule has 15 heavy (non-hydrogen) atoms. The molecule has 0 N–H and O–H groups in total. The van der Waals surface area contributed by atoms with Gasteiger partial charge in [0.15, 0.2) is 0 Å². The minimum absolute atomic E-state index is 0.114. The summed E-state index contributed by atoms with van der Waals surface area (Å²) in [5.74, 6) is -0.450. The zero-order valence-corrected chi connectivity index (χ0v) is 9.32. The van der Waals surface area contributed by atoms with Crippen molar-refractivity contribution in [2.45, 2.75) is 26.5 Å². The van der Waals surface area contributed by atoms with Crippen molar-refractivity contribution in [1.29, 1.82) is 0 Å². The lowest BCUT2D eigenvalue weighted by molar-refractivity contribution is -0.148. The number of rotatable bonds is 3. The molecular formula is C10H12ClNO3. The highest BCUT2D eigenvalue weighted by molar-refractivity contribution is 6.30. The Morgan fingerprint density at radius 3 is 2.80 bits per heavy atom. The summed E-state index contributed by atoms with van der Waals surface area (Å²) in [7, 11) is 0. The molecule has 1 rings (SSSR count). The van der Waals surface area contributed by atoms with Crippen LogP contribution in [-0.2, 0) is 16.1 Å². The lowest BCUT2D eigenvalue weighted by Gasteiger charge is -2.09. The van der Waals surface area contributed by atoms with E-state index in [4.69, 9.17) is 16.3 Å². The van der Waals surface area contributed by atoms with E-state index in [0.717, 1.165) is 0 Å². The molecule has 5 heteroatoms. The maximum atomic E-state index is 11.3. The Morgan fingerprint density at radius 2 is 2.20 bits per heavy atom. The second kappa shape index (κ2) is 4.98. The molecule has 0 saturated heterocycles. The molecule has 0 amide bonds. The minimum Gasteiger partial charge on any atom is -0.462 e. The van der Waals surface area contributed by atoms with Crippen LogP contribution in [0.4, 0.5) is 0 Å². The van der Waals surface area contributed by atoms with Crippen molar-refractivity contribution < 1.29 is 9.53 Å². The molecule has 0 aliphatic carbocycles. The molecule has 1 heterocycles. The van der Waals surface area contributed by atoms with Crippen molar-refractivity contribution in [1.82, 2.24) is 4.57 Å². The van der Waals surface area contributed by atoms with Gasteiger partial charge >= 0.3 is 5.97 Å². The predicted molar refractivity (Wildman–Crippen MR) is 56.9 cm³/mol. The summed E-state index contributed by atoms with van der Waals surface area (Å²) >= 11 is 5.69. The summed E-state index contributed by atoms with van der Waals surface area (Å²) in [6.45, 7) is 3.38. The fourth-order valence-electron chi connectivity index (χ4n) is 1.06. The summed E-state index contributed by atoms with van der Waals surface area (Å²) < 4.78 is 6.12. The molecule has 0 fully saturated rings. The zero-order valence-electron chi connectivity index (χ0n) is 8.57. The van der Waals surface area contributed by atoms with E-state index in [9.17, 15) is 9.59 Å². The van der Waals surface area contributed by atoms with E-state index in [0.29, 0.717) is 5.02 Å². The number of pyridine rings is 1. The molecule has 0 aliphatic rings. The van der Waals surface area contributed by atoms with Crippen molar-refractivity contribution in [2.75, 3.05) is 0 Å². The van der Waals surface area contributed by atoms with Gasteiger partial charge in [0, 0.05) is 12.3 Å². The normalized spacial score (nSPS) is 10.4. The Kier molecular flexibility index (Phi) is 3.91. The first-order chi connectivity index (χ1) is 6.99. The van der Waals surface area contributed by atoms with Crippen LogP contribution >= 0.6 is 11.6 Å². The van der Waals surface area contributed by atoms with Crippen LogP contribution in [-0.4, -0.2) is 16.6 Å². The molecule has 1 aromatic heterocycles. The third-order valence-electron chi connectivity index (χ3n) is 1.61. The van der Waals surface area contributed by atoms with E-state index in [1.54, 1.807) is 13.8 Å². The number of nitrogens with zero attached hydrogens (tertiary/aromatic N) is 1. The van der Waals surface area contributed by atoms with Crippen LogP contribution in [0.15, 0.2) is 23.1 Å². The van der Waals surface area contributed by atoms with Crippen molar-refractivity contribution in [3.63, 3.8) is 0 Å². The molecule has 0 radical (unpaired) electrons. The first kappa shape index (κ1) is 11.8. The van der Waals surface area contributed by atoms with Crippen LogP contribution in [0.3, 0.4) is 0 Å². The number of carbonyl (C=O) groups is 1. The zero-order chi connectivity index (χ0) is 11.4. The van der Waals surface area contributed by atoms with Crippen molar-refractivity contribution >= 4 is 17.6 Å². The van der Waals surface area contributed by atoms with Crippen molar-refractivity contribution in [2.24, 2.45) is 0 Å². The van der Waals surface area contributed by atoms with Gasteiger partial charge in [0.2, 0.25) is 0 Å². The molecule has 0 unspecified atom stereocenters. The molecular weight excluding hydrogens is 218 g/mol. The van der Waals surface area contributed by atoms with Crippen LogP contribution in [0.25, 0.3) is 0 Å². The summed E-state index contributed by atoms with van der Waals surface area (Å²) in [4.78, 5) is 22.6. The summed E-state index contributed by atoms with van der Waals surface area (Å²) in [5.41, 5.74) is -0.278. The highest BCUT2D eigenvalue weighted by Gasteiger charge is 2.07. The lowest BCUT2D eigenvalue weighted by atomic mass is 10.4. The quantitative estimate of drug-likeness (QED) is 0.738. The molecule has 1 aromatic rings. The maximum Gasteiger partial charge on any atom is 0.326 e. The number of ether oxygens (including phenoxy) is 1. The molecule has 0 spiro atoms. The number of esters is 1. The average molecular weight is 230 g/mol. The van der Waals surface area contributed by atoms with Crippen LogP contribution in [0.2, 0.25) is 5.02 Å². The van der Waals surface area contributed by atoms with Gasteiger partial charge < -0.3 is 9.30 Å². The summed E-state index contributed by atoms with van der Waals surface area (Å²) in [6, 6.07) is 2.79. The number of aromatic nitrogens is 1. The van der Waals surface area contributed by atoms with E-state index < -0.39 is 5.97 Å². The minimum atomic E-state index is -0.450. The van der Waals surface area contributed by atoms with Gasteiger partial charge in [0.05, 0.1) is 11.1 Å². The molecule has 4 nitrogen and oxygen atoms in total. The maximum absolute atomic E-state index is 11.3. The third-order valence-corrected chi connectivity index (χ3v) is 1.84. The fraction of sp³-hybridized carbons (Fsp3) is 0.400. The van der Waals surface area contributed by atoms with E-state index >= 15 is 0 Å². The fourth-order valence-corrected chi connectivity index (χ4v) is 1.25. The largest absolute Gasteiger partial charge is 0.462 e. The van der Waals surface area contributed by atoms with Gasteiger partial charge in [-0.15, -0.1) is 0 Å². The Balaban J connectivity index is 2.76. The number of halogens is 1. The first-order valence-corrected chi connectivity index (χ1v) is 4.92.